The smallest absolute Gasteiger partial charge is 0.124 e. The Morgan fingerprint density at radius 2 is 1.70 bits per heavy atom. The molecule has 0 saturated carbocycles. The van der Waals surface area contributed by atoms with Crippen molar-refractivity contribution in [1.82, 2.24) is 5.32 Å². The normalized spacial score (nSPS) is 10.6. The SMILES string of the molecule is CCNCc1ccccc1-c1cc(C)c(OC)c(C)c1. The van der Waals surface area contributed by atoms with E-state index in [9.17, 15) is 0 Å². The van der Waals surface area contributed by atoms with E-state index in [4.69, 9.17) is 4.74 Å². The minimum absolute atomic E-state index is 0.900. The summed E-state index contributed by atoms with van der Waals surface area (Å²) in [5.41, 5.74) is 6.25. The van der Waals surface area contributed by atoms with Crippen LogP contribution in [0.5, 0.6) is 5.75 Å². The quantitative estimate of drug-likeness (QED) is 0.882. The molecule has 2 aromatic rings. The summed E-state index contributed by atoms with van der Waals surface area (Å²) in [5, 5.41) is 3.40. The van der Waals surface area contributed by atoms with Gasteiger partial charge in [0.1, 0.15) is 5.75 Å². The van der Waals surface area contributed by atoms with Crippen LogP contribution in [0.15, 0.2) is 36.4 Å². The van der Waals surface area contributed by atoms with Gasteiger partial charge in [0.25, 0.3) is 0 Å². The van der Waals surface area contributed by atoms with Crippen molar-refractivity contribution in [3.8, 4) is 16.9 Å². The average Bonchev–Trinajstić information content (AvgIpc) is 2.45. The molecule has 0 aromatic heterocycles. The second kappa shape index (κ2) is 6.58. The van der Waals surface area contributed by atoms with E-state index in [1.807, 2.05) is 0 Å². The third kappa shape index (κ3) is 3.02. The lowest BCUT2D eigenvalue weighted by atomic mass is 9.96. The van der Waals surface area contributed by atoms with Crippen molar-refractivity contribution < 1.29 is 4.74 Å². The maximum absolute atomic E-state index is 5.45. The molecule has 0 atom stereocenters. The van der Waals surface area contributed by atoms with Gasteiger partial charge >= 0.3 is 0 Å². The van der Waals surface area contributed by atoms with Gasteiger partial charge in [0.05, 0.1) is 7.11 Å². The number of ether oxygens (including phenoxy) is 1. The van der Waals surface area contributed by atoms with Crippen molar-refractivity contribution in [3.05, 3.63) is 53.1 Å². The summed E-state index contributed by atoms with van der Waals surface area (Å²) in [6, 6.07) is 13.0. The molecular weight excluding hydrogens is 246 g/mol. The first kappa shape index (κ1) is 14.6. The molecule has 2 heteroatoms. The predicted molar refractivity (Wildman–Crippen MR) is 85.3 cm³/mol. The summed E-state index contributed by atoms with van der Waals surface area (Å²) < 4.78 is 5.45. The van der Waals surface area contributed by atoms with Crippen LogP contribution < -0.4 is 10.1 Å². The zero-order valence-corrected chi connectivity index (χ0v) is 12.8. The topological polar surface area (TPSA) is 21.3 Å². The van der Waals surface area contributed by atoms with Crippen LogP contribution >= 0.6 is 0 Å². The van der Waals surface area contributed by atoms with Crippen LogP contribution in [0.2, 0.25) is 0 Å². The number of aryl methyl sites for hydroxylation is 2. The van der Waals surface area contributed by atoms with E-state index in [0.717, 1.165) is 18.8 Å². The number of rotatable bonds is 5. The zero-order chi connectivity index (χ0) is 14.5. The van der Waals surface area contributed by atoms with E-state index in [0.29, 0.717) is 0 Å². The van der Waals surface area contributed by atoms with Crippen molar-refractivity contribution in [2.75, 3.05) is 13.7 Å². The highest BCUT2D eigenvalue weighted by Crippen LogP contribution is 2.31. The van der Waals surface area contributed by atoms with Crippen molar-refractivity contribution in [3.63, 3.8) is 0 Å². The maximum atomic E-state index is 5.45. The first-order valence-corrected chi connectivity index (χ1v) is 7.11. The molecule has 1 N–H and O–H groups in total. The summed E-state index contributed by atoms with van der Waals surface area (Å²) >= 11 is 0. The Morgan fingerprint density at radius 3 is 2.30 bits per heavy atom. The summed E-state index contributed by atoms with van der Waals surface area (Å²) in [5.74, 6) is 0.984. The van der Waals surface area contributed by atoms with E-state index in [2.05, 4.69) is 62.5 Å². The van der Waals surface area contributed by atoms with Crippen LogP contribution in [0.25, 0.3) is 11.1 Å². The van der Waals surface area contributed by atoms with Gasteiger partial charge < -0.3 is 10.1 Å². The van der Waals surface area contributed by atoms with E-state index in [-0.39, 0.29) is 0 Å². The van der Waals surface area contributed by atoms with Gasteiger partial charge in [-0.3, -0.25) is 0 Å². The molecule has 106 valence electrons. The molecule has 2 aromatic carbocycles. The molecule has 20 heavy (non-hydrogen) atoms. The minimum Gasteiger partial charge on any atom is -0.496 e. The monoisotopic (exact) mass is 269 g/mol. The molecule has 2 nitrogen and oxygen atoms in total. The van der Waals surface area contributed by atoms with Crippen LogP contribution in [0.1, 0.15) is 23.6 Å². The van der Waals surface area contributed by atoms with E-state index >= 15 is 0 Å². The molecule has 0 spiro atoms. The Kier molecular flexibility index (Phi) is 4.80. The summed E-state index contributed by atoms with van der Waals surface area (Å²) in [6.45, 7) is 8.21. The van der Waals surface area contributed by atoms with Gasteiger partial charge in [-0.25, -0.2) is 0 Å². The number of methoxy groups -OCH3 is 1. The lowest BCUT2D eigenvalue weighted by Gasteiger charge is -2.14. The predicted octanol–water partition coefficient (Wildman–Crippen LogP) is 4.09. The van der Waals surface area contributed by atoms with Crippen LogP contribution in [0, 0.1) is 13.8 Å². The average molecular weight is 269 g/mol. The highest BCUT2D eigenvalue weighted by atomic mass is 16.5. The van der Waals surface area contributed by atoms with Crippen molar-refractivity contribution in [2.24, 2.45) is 0 Å². The fraction of sp³-hybridized carbons (Fsp3) is 0.333. The molecule has 0 unspecified atom stereocenters. The van der Waals surface area contributed by atoms with Gasteiger partial charge in [-0.15, -0.1) is 0 Å². The highest BCUT2D eigenvalue weighted by molar-refractivity contribution is 5.70. The van der Waals surface area contributed by atoms with E-state index < -0.39 is 0 Å². The molecule has 0 aliphatic heterocycles. The Bertz CT molecular complexity index is 567. The van der Waals surface area contributed by atoms with Crippen LogP contribution in [-0.2, 0) is 6.54 Å². The zero-order valence-electron chi connectivity index (χ0n) is 12.8. The van der Waals surface area contributed by atoms with Gasteiger partial charge in [-0.1, -0.05) is 31.2 Å². The molecule has 0 aliphatic carbocycles. The lowest BCUT2D eigenvalue weighted by molar-refractivity contribution is 0.408. The van der Waals surface area contributed by atoms with Crippen LogP contribution in [-0.4, -0.2) is 13.7 Å². The molecule has 0 amide bonds. The lowest BCUT2D eigenvalue weighted by Crippen LogP contribution is -2.12. The van der Waals surface area contributed by atoms with Crippen molar-refractivity contribution in [1.29, 1.82) is 0 Å². The van der Waals surface area contributed by atoms with Gasteiger partial charge in [-0.05, 0) is 60.3 Å². The maximum Gasteiger partial charge on any atom is 0.124 e. The van der Waals surface area contributed by atoms with Crippen LogP contribution in [0.3, 0.4) is 0 Å². The standard InChI is InChI=1S/C18H23NO/c1-5-19-12-15-8-6-7-9-17(15)16-10-13(2)18(20-4)14(3)11-16/h6-11,19H,5,12H2,1-4H3. The third-order valence-corrected chi connectivity index (χ3v) is 3.56. The first-order valence-electron chi connectivity index (χ1n) is 7.11. The highest BCUT2D eigenvalue weighted by Gasteiger charge is 2.09. The Labute approximate surface area is 121 Å². The molecule has 0 heterocycles. The fourth-order valence-electron chi connectivity index (χ4n) is 2.64. The first-order chi connectivity index (χ1) is 9.67. The molecule has 0 aliphatic rings. The summed E-state index contributed by atoms with van der Waals surface area (Å²) in [6.07, 6.45) is 0. The second-order valence-electron chi connectivity index (χ2n) is 5.08. The summed E-state index contributed by atoms with van der Waals surface area (Å²) in [4.78, 5) is 0. The molecule has 0 bridgehead atoms. The van der Waals surface area contributed by atoms with E-state index in [1.165, 1.54) is 27.8 Å². The van der Waals surface area contributed by atoms with Gasteiger partial charge in [0.15, 0.2) is 0 Å². The van der Waals surface area contributed by atoms with Crippen molar-refractivity contribution in [2.45, 2.75) is 27.3 Å². The minimum atomic E-state index is 0.900. The van der Waals surface area contributed by atoms with E-state index in [1.54, 1.807) is 7.11 Å². The second-order valence-corrected chi connectivity index (χ2v) is 5.08. The number of nitrogens with one attached hydrogen (secondary N) is 1. The Hall–Kier alpha value is -1.80. The molecule has 0 fully saturated rings. The van der Waals surface area contributed by atoms with Crippen LogP contribution in [0.4, 0.5) is 0 Å². The number of hydrogen-bond acceptors (Lipinski definition) is 2. The van der Waals surface area contributed by atoms with Gasteiger partial charge in [-0.2, -0.15) is 0 Å². The van der Waals surface area contributed by atoms with Gasteiger partial charge in [0.2, 0.25) is 0 Å². The largest absolute Gasteiger partial charge is 0.496 e. The van der Waals surface area contributed by atoms with Crippen molar-refractivity contribution >= 4 is 0 Å². The third-order valence-electron chi connectivity index (χ3n) is 3.56. The fourth-order valence-corrected chi connectivity index (χ4v) is 2.64. The Balaban J connectivity index is 2.46. The molecular formula is C18H23NO. The molecule has 0 radical (unpaired) electrons. The summed E-state index contributed by atoms with van der Waals surface area (Å²) in [7, 11) is 1.73. The van der Waals surface area contributed by atoms with Gasteiger partial charge in [0, 0.05) is 6.54 Å². The Morgan fingerprint density at radius 1 is 1.05 bits per heavy atom. The number of hydrogen-bond donors (Lipinski definition) is 1. The number of benzene rings is 2. The molecule has 2 rings (SSSR count). The molecule has 0 saturated heterocycles.